The fourth-order valence-electron chi connectivity index (χ4n) is 2.07. The number of rotatable bonds is 3. The summed E-state index contributed by atoms with van der Waals surface area (Å²) in [5, 5.41) is 8.72. The van der Waals surface area contributed by atoms with E-state index in [-0.39, 0.29) is 21.8 Å². The van der Waals surface area contributed by atoms with Crippen molar-refractivity contribution in [3.05, 3.63) is 60.2 Å². The van der Waals surface area contributed by atoms with E-state index in [1.54, 1.807) is 42.4 Å². The number of likely N-dealkylation sites (tertiary alicyclic amines) is 1. The van der Waals surface area contributed by atoms with Gasteiger partial charge in [-0.05, 0) is 24.3 Å². The highest BCUT2D eigenvalue weighted by Crippen LogP contribution is 2.24. The number of amides is 1. The average Bonchev–Trinajstić information content (AvgIpc) is 2.59. The Morgan fingerprint density at radius 1 is 1.08 bits per heavy atom. The molecule has 7 nitrogen and oxygen atoms in total. The van der Waals surface area contributed by atoms with Crippen LogP contribution >= 0.6 is 11.8 Å². The van der Waals surface area contributed by atoms with Gasteiger partial charge in [-0.25, -0.2) is 4.79 Å². The minimum absolute atomic E-state index is 0.00602. The van der Waals surface area contributed by atoms with Gasteiger partial charge in [0.15, 0.2) is 5.12 Å². The van der Waals surface area contributed by atoms with Crippen LogP contribution in [-0.4, -0.2) is 55.3 Å². The van der Waals surface area contributed by atoms with Gasteiger partial charge in [-0.1, -0.05) is 11.8 Å². The van der Waals surface area contributed by atoms with Crippen molar-refractivity contribution in [1.82, 2.24) is 14.9 Å². The molecule has 0 spiro atoms. The zero-order valence-electron chi connectivity index (χ0n) is 13.5. The van der Waals surface area contributed by atoms with Gasteiger partial charge < -0.3 is 10.0 Å². The summed E-state index contributed by atoms with van der Waals surface area (Å²) in [5.74, 6) is -0.948. The molecular formula is C17H17N3O4S. The highest BCUT2D eigenvalue weighted by atomic mass is 32.2. The van der Waals surface area contributed by atoms with E-state index in [2.05, 4.69) is 9.97 Å². The molecule has 0 aromatic carbocycles. The van der Waals surface area contributed by atoms with Crippen molar-refractivity contribution in [3.63, 3.8) is 0 Å². The first-order valence-electron chi connectivity index (χ1n) is 7.47. The van der Waals surface area contributed by atoms with Gasteiger partial charge in [-0.3, -0.25) is 19.6 Å². The van der Waals surface area contributed by atoms with Crippen LogP contribution in [0.3, 0.4) is 0 Å². The van der Waals surface area contributed by atoms with Crippen LogP contribution in [0.1, 0.15) is 27.6 Å². The molecule has 1 amide bonds. The molecule has 1 N–H and O–H groups in total. The number of carbonyl (C=O) groups is 3. The highest BCUT2D eigenvalue weighted by molar-refractivity contribution is 8.14. The first kappa shape index (κ1) is 18.6. The molecule has 1 aliphatic rings. The zero-order chi connectivity index (χ0) is 18.2. The lowest BCUT2D eigenvalue weighted by molar-refractivity contribution is -0.109. The Morgan fingerprint density at radius 2 is 1.64 bits per heavy atom. The minimum atomic E-state index is -0.942. The first-order valence-corrected chi connectivity index (χ1v) is 8.35. The lowest BCUT2D eigenvalue weighted by atomic mass is 10.1. The maximum absolute atomic E-state index is 11.9. The fourth-order valence-corrected chi connectivity index (χ4v) is 3.05. The standard InChI is InChI=1S/C11H12N2O2S.C6H5NO2/c1-8(14)16-10-6-13(7-10)11(15)9-3-2-4-12-5-9;8-6(9)5-2-1-3-7-4-5/h2-5,10H,6-7H2,1H3;1-4H,(H,8,9). The topological polar surface area (TPSA) is 100 Å². The van der Waals surface area contributed by atoms with Crippen LogP contribution < -0.4 is 0 Å². The third-order valence-corrected chi connectivity index (χ3v) is 4.25. The summed E-state index contributed by atoms with van der Waals surface area (Å²) in [6.45, 7) is 2.85. The predicted octanol–water partition coefficient (Wildman–Crippen LogP) is 1.97. The van der Waals surface area contributed by atoms with Crippen LogP contribution in [0.15, 0.2) is 49.1 Å². The van der Waals surface area contributed by atoms with Crippen molar-refractivity contribution in [2.75, 3.05) is 13.1 Å². The molecule has 2 aromatic heterocycles. The third-order valence-electron chi connectivity index (χ3n) is 3.28. The lowest BCUT2D eigenvalue weighted by Gasteiger charge is -2.38. The van der Waals surface area contributed by atoms with Gasteiger partial charge in [0.1, 0.15) is 0 Å². The maximum Gasteiger partial charge on any atom is 0.337 e. The van der Waals surface area contributed by atoms with Crippen molar-refractivity contribution >= 4 is 28.8 Å². The van der Waals surface area contributed by atoms with E-state index in [1.165, 1.54) is 30.2 Å². The molecule has 1 fully saturated rings. The molecule has 1 saturated heterocycles. The SMILES string of the molecule is CC(=O)SC1CN(C(=O)c2cccnc2)C1.O=C(O)c1cccnc1. The summed E-state index contributed by atoms with van der Waals surface area (Å²) < 4.78 is 0. The Hall–Kier alpha value is -2.74. The van der Waals surface area contributed by atoms with Crippen molar-refractivity contribution in [2.24, 2.45) is 0 Å². The Balaban J connectivity index is 0.000000212. The molecule has 0 unspecified atom stereocenters. The third kappa shape index (κ3) is 5.68. The van der Waals surface area contributed by atoms with Gasteiger partial charge in [0.25, 0.3) is 5.91 Å². The molecule has 0 aliphatic carbocycles. The number of aromatic nitrogens is 2. The summed E-state index contributed by atoms with van der Waals surface area (Å²) in [6, 6.07) is 6.58. The zero-order valence-corrected chi connectivity index (χ0v) is 14.3. The minimum Gasteiger partial charge on any atom is -0.478 e. The molecule has 25 heavy (non-hydrogen) atoms. The normalized spacial score (nSPS) is 13.2. The summed E-state index contributed by atoms with van der Waals surface area (Å²) in [7, 11) is 0. The van der Waals surface area contributed by atoms with E-state index in [0.29, 0.717) is 18.7 Å². The van der Waals surface area contributed by atoms with Gasteiger partial charge >= 0.3 is 5.97 Å². The number of hydrogen-bond donors (Lipinski definition) is 1. The number of carboxylic acids is 1. The molecule has 0 bridgehead atoms. The number of pyridine rings is 2. The number of nitrogens with zero attached hydrogens (tertiary/aromatic N) is 3. The number of carboxylic acid groups (broad SMARTS) is 1. The lowest BCUT2D eigenvalue weighted by Crippen LogP contribution is -2.52. The van der Waals surface area contributed by atoms with Crippen molar-refractivity contribution in [3.8, 4) is 0 Å². The number of aromatic carboxylic acids is 1. The molecule has 8 heteroatoms. The number of thioether (sulfide) groups is 1. The van der Waals surface area contributed by atoms with Crippen molar-refractivity contribution in [1.29, 1.82) is 0 Å². The summed E-state index contributed by atoms with van der Waals surface area (Å²) in [5.41, 5.74) is 0.825. The number of carbonyl (C=O) groups excluding carboxylic acids is 2. The monoisotopic (exact) mass is 359 g/mol. The van der Waals surface area contributed by atoms with Gasteiger partial charge in [-0.15, -0.1) is 0 Å². The van der Waals surface area contributed by atoms with Crippen LogP contribution in [0.2, 0.25) is 0 Å². The quantitative estimate of drug-likeness (QED) is 0.894. The van der Waals surface area contributed by atoms with E-state index < -0.39 is 5.97 Å². The van der Waals surface area contributed by atoms with Crippen LogP contribution in [0.5, 0.6) is 0 Å². The molecule has 2 aromatic rings. The van der Waals surface area contributed by atoms with Gasteiger partial charge in [0, 0.05) is 50.1 Å². The van der Waals surface area contributed by atoms with Crippen LogP contribution in [0.4, 0.5) is 0 Å². The summed E-state index contributed by atoms with van der Waals surface area (Å²) >= 11 is 1.31. The largest absolute Gasteiger partial charge is 0.478 e. The van der Waals surface area contributed by atoms with E-state index >= 15 is 0 Å². The molecular weight excluding hydrogens is 342 g/mol. The first-order chi connectivity index (χ1) is 12.0. The highest BCUT2D eigenvalue weighted by Gasteiger charge is 2.32. The molecule has 0 radical (unpaired) electrons. The van der Waals surface area contributed by atoms with Crippen molar-refractivity contribution in [2.45, 2.75) is 12.2 Å². The molecule has 130 valence electrons. The van der Waals surface area contributed by atoms with Gasteiger partial charge in [-0.2, -0.15) is 0 Å². The smallest absolute Gasteiger partial charge is 0.337 e. The fraction of sp³-hybridized carbons (Fsp3) is 0.235. The van der Waals surface area contributed by atoms with Crippen LogP contribution in [0, 0.1) is 0 Å². The second kappa shape index (κ2) is 8.93. The van der Waals surface area contributed by atoms with Crippen molar-refractivity contribution < 1.29 is 19.5 Å². The predicted molar refractivity (Wildman–Crippen MR) is 93.4 cm³/mol. The Bertz CT molecular complexity index is 734. The Kier molecular flexibility index (Phi) is 6.64. The molecule has 3 heterocycles. The molecule has 0 saturated carbocycles. The number of hydrogen-bond acceptors (Lipinski definition) is 6. The van der Waals surface area contributed by atoms with E-state index in [0.717, 1.165) is 0 Å². The Morgan fingerprint density at radius 3 is 2.04 bits per heavy atom. The molecule has 0 atom stereocenters. The Labute approximate surface area is 149 Å². The van der Waals surface area contributed by atoms with Gasteiger partial charge in [0.2, 0.25) is 0 Å². The van der Waals surface area contributed by atoms with Crippen LogP contribution in [-0.2, 0) is 4.79 Å². The molecule has 1 aliphatic heterocycles. The molecule has 3 rings (SSSR count). The summed E-state index contributed by atoms with van der Waals surface area (Å²) in [4.78, 5) is 42.1. The second-order valence-electron chi connectivity index (χ2n) is 5.23. The summed E-state index contributed by atoms with van der Waals surface area (Å²) in [6.07, 6.45) is 6.05. The van der Waals surface area contributed by atoms with E-state index in [1.807, 2.05) is 0 Å². The van der Waals surface area contributed by atoms with Crippen LogP contribution in [0.25, 0.3) is 0 Å². The van der Waals surface area contributed by atoms with E-state index in [9.17, 15) is 14.4 Å². The average molecular weight is 359 g/mol. The maximum atomic E-state index is 11.9. The van der Waals surface area contributed by atoms with Gasteiger partial charge in [0.05, 0.1) is 11.1 Å². The van der Waals surface area contributed by atoms with E-state index in [4.69, 9.17) is 5.11 Å². The second-order valence-corrected chi connectivity index (χ2v) is 6.71.